The maximum absolute atomic E-state index is 13.1. The van der Waals surface area contributed by atoms with Crippen molar-refractivity contribution in [2.24, 2.45) is 5.92 Å². The Kier molecular flexibility index (Phi) is 4.76. The van der Waals surface area contributed by atoms with Gasteiger partial charge in [0.25, 0.3) is 0 Å². The fraction of sp³-hybridized carbons (Fsp3) is 0.750. The van der Waals surface area contributed by atoms with Gasteiger partial charge in [-0.15, -0.1) is 0 Å². The molecule has 0 bridgehead atoms. The predicted octanol–water partition coefficient (Wildman–Crippen LogP) is 2.86. The quantitative estimate of drug-likeness (QED) is 0.832. The molecule has 1 saturated carbocycles. The molecule has 3 aliphatic rings. The Labute approximate surface area is 154 Å². The number of fused-ring (bicyclic) bond motifs is 1. The normalized spacial score (nSPS) is 24.4. The Morgan fingerprint density at radius 1 is 1.19 bits per heavy atom. The van der Waals surface area contributed by atoms with E-state index in [1.165, 1.54) is 12.8 Å². The highest BCUT2D eigenvalue weighted by Gasteiger charge is 2.37. The van der Waals surface area contributed by atoms with Crippen LogP contribution in [0.25, 0.3) is 0 Å². The molecular weight excluding hydrogens is 330 g/mol. The monoisotopic (exact) mass is 359 g/mol. The van der Waals surface area contributed by atoms with E-state index in [0.29, 0.717) is 38.5 Å². The van der Waals surface area contributed by atoms with Crippen molar-refractivity contribution in [1.29, 1.82) is 0 Å². The van der Waals surface area contributed by atoms with Gasteiger partial charge in [-0.1, -0.05) is 26.7 Å². The molecule has 6 nitrogen and oxygen atoms in total. The zero-order chi connectivity index (χ0) is 18.3. The fourth-order valence-corrected chi connectivity index (χ4v) is 4.55. The SMILES string of the molecule is CC(C)c1nc2c(o1)CCN(C(=O)C1CCC(=O)N(C3CCCC3)C1)C2. The predicted molar refractivity (Wildman–Crippen MR) is 96.4 cm³/mol. The third-order valence-corrected chi connectivity index (χ3v) is 6.11. The second-order valence-electron chi connectivity index (χ2n) is 8.31. The first-order valence-corrected chi connectivity index (χ1v) is 10.1. The fourth-order valence-electron chi connectivity index (χ4n) is 4.55. The maximum atomic E-state index is 13.1. The number of nitrogens with zero attached hydrogens (tertiary/aromatic N) is 3. The summed E-state index contributed by atoms with van der Waals surface area (Å²) in [6, 6.07) is 0.357. The van der Waals surface area contributed by atoms with Crippen LogP contribution < -0.4 is 0 Å². The molecule has 0 spiro atoms. The zero-order valence-corrected chi connectivity index (χ0v) is 15.9. The number of hydrogen-bond acceptors (Lipinski definition) is 4. The largest absolute Gasteiger partial charge is 0.445 e. The lowest BCUT2D eigenvalue weighted by atomic mass is 9.93. The minimum Gasteiger partial charge on any atom is -0.445 e. The molecule has 2 amide bonds. The molecule has 0 aromatic carbocycles. The van der Waals surface area contributed by atoms with Crippen molar-refractivity contribution in [3.8, 4) is 0 Å². The summed E-state index contributed by atoms with van der Waals surface area (Å²) in [7, 11) is 0. The van der Waals surface area contributed by atoms with Gasteiger partial charge in [0.1, 0.15) is 11.5 Å². The van der Waals surface area contributed by atoms with Crippen LogP contribution in [0.1, 0.15) is 75.6 Å². The van der Waals surface area contributed by atoms with Crippen LogP contribution in [0.5, 0.6) is 0 Å². The van der Waals surface area contributed by atoms with Gasteiger partial charge in [0.05, 0.1) is 12.5 Å². The Hall–Kier alpha value is -1.85. The summed E-state index contributed by atoms with van der Waals surface area (Å²) in [6.07, 6.45) is 6.51. The molecule has 2 fully saturated rings. The van der Waals surface area contributed by atoms with Crippen molar-refractivity contribution in [2.45, 2.75) is 77.3 Å². The number of amides is 2. The molecule has 1 aromatic heterocycles. The molecule has 1 saturated heterocycles. The summed E-state index contributed by atoms with van der Waals surface area (Å²) in [5.74, 6) is 2.31. The Balaban J connectivity index is 1.43. The number of piperidine rings is 1. The first-order valence-electron chi connectivity index (χ1n) is 10.1. The van der Waals surface area contributed by atoms with Crippen molar-refractivity contribution in [2.75, 3.05) is 13.1 Å². The number of oxazole rings is 1. The maximum Gasteiger partial charge on any atom is 0.227 e. The van der Waals surface area contributed by atoms with Gasteiger partial charge in [-0.05, 0) is 19.3 Å². The van der Waals surface area contributed by atoms with Gasteiger partial charge in [0.2, 0.25) is 11.8 Å². The number of rotatable bonds is 3. The molecule has 1 unspecified atom stereocenters. The van der Waals surface area contributed by atoms with E-state index in [9.17, 15) is 9.59 Å². The van der Waals surface area contributed by atoms with Gasteiger partial charge in [-0.25, -0.2) is 4.98 Å². The van der Waals surface area contributed by atoms with E-state index in [-0.39, 0.29) is 23.7 Å². The molecule has 1 aromatic rings. The Morgan fingerprint density at radius 3 is 2.69 bits per heavy atom. The van der Waals surface area contributed by atoms with Gasteiger partial charge < -0.3 is 14.2 Å². The van der Waals surface area contributed by atoms with Crippen molar-refractivity contribution in [1.82, 2.24) is 14.8 Å². The summed E-state index contributed by atoms with van der Waals surface area (Å²) in [6.45, 7) is 5.96. The molecule has 142 valence electrons. The third-order valence-electron chi connectivity index (χ3n) is 6.11. The van der Waals surface area contributed by atoms with Crippen LogP contribution in [0.15, 0.2) is 4.42 Å². The third kappa shape index (κ3) is 3.26. The van der Waals surface area contributed by atoms with E-state index in [4.69, 9.17) is 4.42 Å². The van der Waals surface area contributed by atoms with Crippen LogP contribution in [-0.4, -0.2) is 45.7 Å². The van der Waals surface area contributed by atoms with Gasteiger partial charge in [-0.3, -0.25) is 9.59 Å². The standard InChI is InChI=1S/C20H29N3O3/c1-13(2)19-21-16-12-22(10-9-17(16)26-19)20(25)14-7-8-18(24)23(11-14)15-5-3-4-6-15/h13-15H,3-12H2,1-2H3. The topological polar surface area (TPSA) is 66.7 Å². The van der Waals surface area contributed by atoms with Crippen LogP contribution in [-0.2, 0) is 22.6 Å². The first-order chi connectivity index (χ1) is 12.5. The highest BCUT2D eigenvalue weighted by atomic mass is 16.4. The highest BCUT2D eigenvalue weighted by molar-refractivity contribution is 5.84. The summed E-state index contributed by atoms with van der Waals surface area (Å²) in [5, 5.41) is 0. The molecule has 1 atom stereocenters. The van der Waals surface area contributed by atoms with Crippen molar-refractivity contribution in [3.05, 3.63) is 17.3 Å². The molecule has 26 heavy (non-hydrogen) atoms. The Morgan fingerprint density at radius 2 is 1.96 bits per heavy atom. The van der Waals surface area contributed by atoms with Crippen LogP contribution in [0.2, 0.25) is 0 Å². The van der Waals surface area contributed by atoms with E-state index in [2.05, 4.69) is 18.8 Å². The molecule has 3 heterocycles. The van der Waals surface area contributed by atoms with Gasteiger partial charge in [0, 0.05) is 37.9 Å². The molecule has 6 heteroatoms. The molecular formula is C20H29N3O3. The van der Waals surface area contributed by atoms with Crippen LogP contribution in [0, 0.1) is 5.92 Å². The number of carbonyl (C=O) groups is 2. The second kappa shape index (κ2) is 7.05. The number of hydrogen-bond donors (Lipinski definition) is 0. The summed E-state index contributed by atoms with van der Waals surface area (Å²) in [4.78, 5) is 33.9. The van der Waals surface area contributed by atoms with Gasteiger partial charge in [0.15, 0.2) is 5.89 Å². The number of carbonyl (C=O) groups excluding carboxylic acids is 2. The van der Waals surface area contributed by atoms with Crippen LogP contribution >= 0.6 is 0 Å². The minimum absolute atomic E-state index is 0.0636. The van der Waals surface area contributed by atoms with Crippen LogP contribution in [0.3, 0.4) is 0 Å². The lowest BCUT2D eigenvalue weighted by molar-refractivity contribution is -0.145. The first kappa shape index (κ1) is 17.6. The molecule has 4 rings (SSSR count). The van der Waals surface area contributed by atoms with E-state index in [0.717, 1.165) is 36.6 Å². The minimum atomic E-state index is -0.0636. The summed E-state index contributed by atoms with van der Waals surface area (Å²) < 4.78 is 5.84. The average molecular weight is 359 g/mol. The molecule has 1 aliphatic carbocycles. The molecule has 0 N–H and O–H groups in total. The number of aromatic nitrogens is 1. The highest BCUT2D eigenvalue weighted by Crippen LogP contribution is 2.31. The van der Waals surface area contributed by atoms with E-state index in [1.807, 2.05) is 9.80 Å². The van der Waals surface area contributed by atoms with E-state index >= 15 is 0 Å². The summed E-state index contributed by atoms with van der Waals surface area (Å²) >= 11 is 0. The second-order valence-corrected chi connectivity index (χ2v) is 8.31. The molecule has 0 radical (unpaired) electrons. The lowest BCUT2D eigenvalue weighted by Gasteiger charge is -2.38. The van der Waals surface area contributed by atoms with Crippen molar-refractivity contribution in [3.63, 3.8) is 0 Å². The number of likely N-dealkylation sites (tertiary alicyclic amines) is 1. The van der Waals surface area contributed by atoms with Crippen molar-refractivity contribution < 1.29 is 14.0 Å². The Bertz CT molecular complexity index is 690. The summed E-state index contributed by atoms with van der Waals surface area (Å²) in [5.41, 5.74) is 0.910. The van der Waals surface area contributed by atoms with Crippen LogP contribution in [0.4, 0.5) is 0 Å². The van der Waals surface area contributed by atoms with Gasteiger partial charge in [-0.2, -0.15) is 0 Å². The van der Waals surface area contributed by atoms with E-state index in [1.54, 1.807) is 0 Å². The van der Waals surface area contributed by atoms with Gasteiger partial charge >= 0.3 is 0 Å². The lowest BCUT2D eigenvalue weighted by Crippen LogP contribution is -2.50. The smallest absolute Gasteiger partial charge is 0.227 e. The van der Waals surface area contributed by atoms with Crippen molar-refractivity contribution >= 4 is 11.8 Å². The molecule has 2 aliphatic heterocycles. The average Bonchev–Trinajstić information content (AvgIpc) is 3.30. The zero-order valence-electron chi connectivity index (χ0n) is 15.9. The van der Waals surface area contributed by atoms with E-state index < -0.39 is 0 Å².